The Hall–Kier alpha value is -2.46. The fourth-order valence-corrected chi connectivity index (χ4v) is 5.69. The monoisotopic (exact) mass is 420 g/mol. The van der Waals surface area contributed by atoms with Crippen LogP contribution in [0.25, 0.3) is 5.57 Å². The summed E-state index contributed by atoms with van der Waals surface area (Å²) in [6.45, 7) is 5.71. The number of nitriles is 1. The first-order chi connectivity index (χ1) is 14.8. The van der Waals surface area contributed by atoms with Crippen LogP contribution in [-0.4, -0.2) is 53.6 Å². The summed E-state index contributed by atoms with van der Waals surface area (Å²) in [4.78, 5) is 14.8. The Labute approximate surface area is 182 Å². The zero-order chi connectivity index (χ0) is 21.8. The molecule has 1 N–H and O–H groups in total. The Bertz CT molecular complexity index is 1030. The van der Waals surface area contributed by atoms with Crippen LogP contribution in [0.15, 0.2) is 35.9 Å². The maximum atomic E-state index is 13.3. The zero-order valence-corrected chi connectivity index (χ0v) is 18.1. The van der Waals surface area contributed by atoms with E-state index in [0.29, 0.717) is 19.6 Å². The summed E-state index contributed by atoms with van der Waals surface area (Å²) in [6.07, 6.45) is 5.85. The third-order valence-electron chi connectivity index (χ3n) is 7.29. The number of allylic oxidation sites excluding steroid dienone is 4. The van der Waals surface area contributed by atoms with Gasteiger partial charge >= 0.3 is 0 Å². The summed E-state index contributed by atoms with van der Waals surface area (Å²) >= 11 is 0. The number of ether oxygens (including phenoxy) is 2. The molecule has 2 fully saturated rings. The molecule has 0 bridgehead atoms. The van der Waals surface area contributed by atoms with E-state index in [2.05, 4.69) is 38.1 Å². The fourth-order valence-electron chi connectivity index (χ4n) is 5.69. The number of hydrogen-bond acceptors (Lipinski definition) is 5. The highest BCUT2D eigenvalue weighted by Gasteiger charge is 2.52. The van der Waals surface area contributed by atoms with Crippen molar-refractivity contribution >= 4 is 11.5 Å². The van der Waals surface area contributed by atoms with Crippen molar-refractivity contribution in [3.63, 3.8) is 0 Å². The third kappa shape index (κ3) is 3.23. The average molecular weight is 421 g/mol. The number of aliphatic hydroxyl groups is 1. The highest BCUT2D eigenvalue weighted by molar-refractivity contribution is 5.87. The topological polar surface area (TPSA) is 82.8 Å². The van der Waals surface area contributed by atoms with E-state index in [1.165, 1.54) is 22.3 Å². The molecular weight excluding hydrogens is 392 g/mol. The Morgan fingerprint density at radius 3 is 2.87 bits per heavy atom. The predicted molar refractivity (Wildman–Crippen MR) is 115 cm³/mol. The summed E-state index contributed by atoms with van der Waals surface area (Å²) in [7, 11) is 0. The van der Waals surface area contributed by atoms with Crippen LogP contribution in [0, 0.1) is 11.3 Å². The van der Waals surface area contributed by atoms with Crippen molar-refractivity contribution in [2.45, 2.75) is 62.9 Å². The highest BCUT2D eigenvalue weighted by atomic mass is 16.7. The molecule has 2 aliphatic carbocycles. The van der Waals surface area contributed by atoms with E-state index in [4.69, 9.17) is 9.47 Å². The molecule has 4 aliphatic rings. The predicted octanol–water partition coefficient (Wildman–Crippen LogP) is 2.85. The largest absolute Gasteiger partial charge is 0.376 e. The van der Waals surface area contributed by atoms with Crippen LogP contribution < -0.4 is 0 Å². The lowest BCUT2D eigenvalue weighted by molar-refractivity contribution is -0.152. The number of fused-ring (bicyclic) bond motifs is 2. The minimum Gasteiger partial charge on any atom is -0.376 e. The van der Waals surface area contributed by atoms with Crippen molar-refractivity contribution in [2.75, 3.05) is 19.8 Å². The Morgan fingerprint density at radius 1 is 1.35 bits per heavy atom. The van der Waals surface area contributed by atoms with Crippen LogP contribution >= 0.6 is 0 Å². The molecule has 2 saturated heterocycles. The van der Waals surface area contributed by atoms with E-state index in [9.17, 15) is 15.2 Å². The first kappa shape index (κ1) is 20.4. The number of aliphatic hydroxyl groups excluding tert-OH is 1. The molecule has 6 nitrogen and oxygen atoms in total. The van der Waals surface area contributed by atoms with E-state index < -0.39 is 17.9 Å². The van der Waals surface area contributed by atoms with Crippen LogP contribution in [0.1, 0.15) is 49.8 Å². The molecule has 1 aromatic rings. The van der Waals surface area contributed by atoms with Crippen molar-refractivity contribution in [1.82, 2.24) is 4.90 Å². The van der Waals surface area contributed by atoms with Crippen molar-refractivity contribution in [1.29, 1.82) is 5.26 Å². The quantitative estimate of drug-likeness (QED) is 0.761. The molecule has 162 valence electrons. The molecule has 5 rings (SSSR count). The Morgan fingerprint density at radius 2 is 2.13 bits per heavy atom. The Balaban J connectivity index is 1.41. The van der Waals surface area contributed by atoms with Gasteiger partial charge in [-0.3, -0.25) is 4.79 Å². The van der Waals surface area contributed by atoms with Crippen LogP contribution in [0.3, 0.4) is 0 Å². The van der Waals surface area contributed by atoms with E-state index in [0.717, 1.165) is 18.4 Å². The van der Waals surface area contributed by atoms with Gasteiger partial charge in [0.1, 0.15) is 0 Å². The second-order valence-corrected chi connectivity index (χ2v) is 9.49. The van der Waals surface area contributed by atoms with Crippen LogP contribution in [-0.2, 0) is 26.1 Å². The summed E-state index contributed by atoms with van der Waals surface area (Å²) < 4.78 is 11.5. The normalized spacial score (nSPS) is 26.1. The number of carbonyl (C=O) groups is 1. The van der Waals surface area contributed by atoms with Crippen LogP contribution in [0.4, 0.5) is 0 Å². The lowest BCUT2D eigenvalue weighted by Gasteiger charge is -2.26. The van der Waals surface area contributed by atoms with Crippen LogP contribution in [0.2, 0.25) is 0 Å². The van der Waals surface area contributed by atoms with Gasteiger partial charge in [-0.1, -0.05) is 49.8 Å². The summed E-state index contributed by atoms with van der Waals surface area (Å²) in [5.74, 6) is -1.02. The van der Waals surface area contributed by atoms with Gasteiger partial charge in [-0.25, -0.2) is 0 Å². The number of nitrogens with zero attached hydrogens (tertiary/aromatic N) is 2. The van der Waals surface area contributed by atoms with Crippen molar-refractivity contribution in [3.05, 3.63) is 52.6 Å². The number of benzene rings is 1. The van der Waals surface area contributed by atoms with Crippen LogP contribution in [0.5, 0.6) is 0 Å². The van der Waals surface area contributed by atoms with Gasteiger partial charge in [0.25, 0.3) is 0 Å². The van der Waals surface area contributed by atoms with E-state index in [1.807, 2.05) is 12.1 Å². The van der Waals surface area contributed by atoms with Gasteiger partial charge in [0.2, 0.25) is 5.91 Å². The van der Waals surface area contributed by atoms with Gasteiger partial charge in [0.15, 0.2) is 11.9 Å². The van der Waals surface area contributed by atoms with Gasteiger partial charge in [0, 0.05) is 11.8 Å². The third-order valence-corrected chi connectivity index (χ3v) is 7.29. The fraction of sp³-hybridized carbons (Fsp3) is 0.520. The minimum atomic E-state index is -1.27. The standard InChI is InChI=1S/C25H28N2O4/c1-24(2)19-6-4-3-5-17(19)18-11-16(7-8-20(18)24)12-23(29)27-15-25(30-9-10-31-25)13-21(27)22(28)14-26/h3,5,7-8,11,21-22,28H,4,6,9-10,12-13,15H2,1-2H3. The number of hydrogen-bond donors (Lipinski definition) is 1. The molecule has 0 saturated carbocycles. The molecule has 2 heterocycles. The number of carbonyl (C=O) groups excluding carboxylic acids is 1. The first-order valence-corrected chi connectivity index (χ1v) is 11.0. The zero-order valence-electron chi connectivity index (χ0n) is 18.1. The van der Waals surface area contributed by atoms with Crippen molar-refractivity contribution < 1.29 is 19.4 Å². The van der Waals surface area contributed by atoms with E-state index >= 15 is 0 Å². The maximum absolute atomic E-state index is 13.3. The summed E-state index contributed by atoms with van der Waals surface area (Å²) in [5.41, 5.74) is 6.25. The summed E-state index contributed by atoms with van der Waals surface area (Å²) in [6, 6.07) is 7.57. The maximum Gasteiger partial charge on any atom is 0.227 e. The molecular formula is C25H28N2O4. The van der Waals surface area contributed by atoms with Crippen molar-refractivity contribution in [3.8, 4) is 6.07 Å². The molecule has 0 aromatic heterocycles. The molecule has 6 heteroatoms. The smallest absolute Gasteiger partial charge is 0.227 e. The van der Waals surface area contributed by atoms with Crippen molar-refractivity contribution in [2.24, 2.45) is 0 Å². The molecule has 1 spiro atoms. The number of rotatable bonds is 3. The average Bonchev–Trinajstić information content (AvgIpc) is 3.45. The van der Waals surface area contributed by atoms with Gasteiger partial charge in [-0.05, 0) is 35.1 Å². The number of likely N-dealkylation sites (tertiary alicyclic amines) is 1. The lowest BCUT2D eigenvalue weighted by atomic mass is 9.78. The molecule has 2 unspecified atom stereocenters. The second kappa shape index (κ2) is 7.30. The van der Waals surface area contributed by atoms with Gasteiger partial charge < -0.3 is 19.5 Å². The minimum absolute atomic E-state index is 0.0124. The first-order valence-electron chi connectivity index (χ1n) is 11.0. The van der Waals surface area contributed by atoms with Gasteiger partial charge in [0.05, 0.1) is 38.3 Å². The van der Waals surface area contributed by atoms with E-state index in [-0.39, 0.29) is 24.3 Å². The highest BCUT2D eigenvalue weighted by Crippen LogP contribution is 2.50. The summed E-state index contributed by atoms with van der Waals surface area (Å²) in [5, 5.41) is 19.5. The Kier molecular flexibility index (Phi) is 4.82. The molecule has 2 atom stereocenters. The molecule has 31 heavy (non-hydrogen) atoms. The molecule has 1 amide bonds. The number of amides is 1. The van der Waals surface area contributed by atoms with Gasteiger partial charge in [-0.15, -0.1) is 0 Å². The van der Waals surface area contributed by atoms with E-state index in [1.54, 1.807) is 4.90 Å². The lowest BCUT2D eigenvalue weighted by Crippen LogP contribution is -2.43. The van der Waals surface area contributed by atoms with Gasteiger partial charge in [-0.2, -0.15) is 5.26 Å². The molecule has 1 aromatic carbocycles. The second-order valence-electron chi connectivity index (χ2n) is 9.49. The SMILES string of the molecule is CC1(C)C2=C(C=CCC2)c2cc(CC(=O)N3CC4(CC3C(O)C#N)OCCO4)ccc21. The molecule has 2 aliphatic heterocycles. The molecule has 0 radical (unpaired) electrons.